The van der Waals surface area contributed by atoms with Crippen LogP contribution in [0, 0.1) is 5.82 Å². The van der Waals surface area contributed by atoms with Gasteiger partial charge in [0.2, 0.25) is 15.9 Å². The summed E-state index contributed by atoms with van der Waals surface area (Å²) < 4.78 is 39.1. The van der Waals surface area contributed by atoms with E-state index in [-0.39, 0.29) is 5.69 Å². The minimum atomic E-state index is -3.80. The number of anilines is 1. The largest absolute Gasteiger partial charge is 0.353 e. The van der Waals surface area contributed by atoms with E-state index >= 15 is 0 Å². The van der Waals surface area contributed by atoms with Crippen LogP contribution in [0.3, 0.4) is 0 Å². The number of nitrogens with one attached hydrogen (secondary N) is 1. The lowest BCUT2D eigenvalue weighted by Crippen LogP contribution is -2.48. The Morgan fingerprint density at radius 1 is 1.36 bits per heavy atom. The van der Waals surface area contributed by atoms with E-state index in [1.807, 2.05) is 11.8 Å². The molecule has 1 aliphatic rings. The van der Waals surface area contributed by atoms with Crippen molar-refractivity contribution in [2.45, 2.75) is 43.9 Å². The van der Waals surface area contributed by atoms with Crippen molar-refractivity contribution in [2.24, 2.45) is 0 Å². The normalized spacial score (nSPS) is 16.6. The number of para-hydroxylation sites is 1. The van der Waals surface area contributed by atoms with E-state index in [4.69, 9.17) is 0 Å². The van der Waals surface area contributed by atoms with Crippen LogP contribution in [0.5, 0.6) is 0 Å². The van der Waals surface area contributed by atoms with E-state index in [0.717, 1.165) is 16.3 Å². The maximum Gasteiger partial charge on any atom is 0.243 e. The van der Waals surface area contributed by atoms with Crippen molar-refractivity contribution in [2.75, 3.05) is 22.9 Å². The highest BCUT2D eigenvalue weighted by atomic mass is 32.2. The van der Waals surface area contributed by atoms with Crippen LogP contribution in [0.15, 0.2) is 24.3 Å². The number of thioether (sulfide) groups is 1. The summed E-state index contributed by atoms with van der Waals surface area (Å²) in [7, 11) is -3.80. The topological polar surface area (TPSA) is 66.5 Å². The van der Waals surface area contributed by atoms with Gasteiger partial charge in [-0.05, 0) is 31.9 Å². The van der Waals surface area contributed by atoms with Gasteiger partial charge in [-0.3, -0.25) is 9.10 Å². The molecule has 0 radical (unpaired) electrons. The molecule has 1 aromatic carbocycles. The number of amides is 1. The summed E-state index contributed by atoms with van der Waals surface area (Å²) in [5.41, 5.74) is -0.118. The van der Waals surface area contributed by atoms with E-state index < -0.39 is 27.8 Å². The second kappa shape index (κ2) is 8.89. The van der Waals surface area contributed by atoms with Gasteiger partial charge in [-0.25, -0.2) is 12.8 Å². The highest BCUT2D eigenvalue weighted by Crippen LogP contribution is 2.29. The molecule has 0 spiro atoms. The molecular weight excluding hydrogens is 363 g/mol. The van der Waals surface area contributed by atoms with E-state index in [1.165, 1.54) is 50.8 Å². The van der Waals surface area contributed by atoms with Crippen molar-refractivity contribution >= 4 is 33.4 Å². The molecular formula is C17H25FN2O3S2. The summed E-state index contributed by atoms with van der Waals surface area (Å²) in [6.45, 7) is 1.94. The van der Waals surface area contributed by atoms with E-state index in [0.29, 0.717) is 11.8 Å². The first-order valence-electron chi connectivity index (χ1n) is 8.44. The second-order valence-electron chi connectivity index (χ2n) is 6.25. The molecule has 1 fully saturated rings. The summed E-state index contributed by atoms with van der Waals surface area (Å²) in [6, 6.07) is 4.53. The first-order valence-corrected chi connectivity index (χ1v) is 11.3. The predicted molar refractivity (Wildman–Crippen MR) is 101 cm³/mol. The Morgan fingerprint density at radius 2 is 2.00 bits per heavy atom. The molecule has 2 rings (SSSR count). The van der Waals surface area contributed by atoms with Gasteiger partial charge >= 0.3 is 0 Å². The van der Waals surface area contributed by atoms with Gasteiger partial charge in [-0.2, -0.15) is 11.8 Å². The lowest BCUT2D eigenvalue weighted by molar-refractivity contribution is -0.121. The molecule has 1 atom stereocenters. The summed E-state index contributed by atoms with van der Waals surface area (Å²) >= 11 is 1.84. The van der Waals surface area contributed by atoms with E-state index in [2.05, 4.69) is 5.32 Å². The van der Waals surface area contributed by atoms with Gasteiger partial charge in [0.15, 0.2) is 0 Å². The van der Waals surface area contributed by atoms with Crippen molar-refractivity contribution in [3.63, 3.8) is 0 Å². The lowest BCUT2D eigenvalue weighted by atomic mass is 10.2. The summed E-state index contributed by atoms with van der Waals surface area (Å²) in [4.78, 5) is 12.4. The van der Waals surface area contributed by atoms with Gasteiger partial charge in [-0.1, -0.05) is 25.0 Å². The number of halogens is 1. The molecule has 0 bridgehead atoms. The first kappa shape index (κ1) is 20.0. The number of carbonyl (C=O) groups excluding carboxylic acids is 1. The van der Waals surface area contributed by atoms with Gasteiger partial charge in [0.25, 0.3) is 0 Å². The Morgan fingerprint density at radius 3 is 2.60 bits per heavy atom. The highest BCUT2D eigenvalue weighted by molar-refractivity contribution is 7.99. The van der Waals surface area contributed by atoms with Crippen molar-refractivity contribution in [1.82, 2.24) is 5.32 Å². The van der Waals surface area contributed by atoms with Crippen LogP contribution in [0.4, 0.5) is 10.1 Å². The summed E-state index contributed by atoms with van der Waals surface area (Å²) in [6.07, 6.45) is 5.97. The fourth-order valence-electron chi connectivity index (χ4n) is 3.01. The number of rotatable bonds is 8. The Hall–Kier alpha value is -1.28. The third-order valence-corrected chi connectivity index (χ3v) is 6.85. The molecule has 140 valence electrons. The predicted octanol–water partition coefficient (Wildman–Crippen LogP) is 2.77. The van der Waals surface area contributed by atoms with Crippen molar-refractivity contribution < 1.29 is 17.6 Å². The van der Waals surface area contributed by atoms with Crippen LogP contribution in [-0.2, 0) is 14.8 Å². The van der Waals surface area contributed by atoms with Gasteiger partial charge in [0, 0.05) is 17.5 Å². The molecule has 0 aliphatic heterocycles. The van der Waals surface area contributed by atoms with Crippen LogP contribution >= 0.6 is 11.8 Å². The van der Waals surface area contributed by atoms with E-state index in [1.54, 1.807) is 6.07 Å². The third-order valence-electron chi connectivity index (χ3n) is 4.24. The van der Waals surface area contributed by atoms with Gasteiger partial charge in [0.1, 0.15) is 11.9 Å². The Labute approximate surface area is 153 Å². The Balaban J connectivity index is 1.97. The summed E-state index contributed by atoms with van der Waals surface area (Å²) in [5, 5.41) is 3.43. The van der Waals surface area contributed by atoms with Crippen LogP contribution in [0.1, 0.15) is 32.6 Å². The molecule has 0 heterocycles. The van der Waals surface area contributed by atoms with Gasteiger partial charge in [0.05, 0.1) is 11.9 Å². The van der Waals surface area contributed by atoms with Crippen LogP contribution in [0.25, 0.3) is 0 Å². The quantitative estimate of drug-likeness (QED) is 0.696. The highest BCUT2D eigenvalue weighted by Gasteiger charge is 2.30. The number of carbonyl (C=O) groups is 1. The maximum absolute atomic E-state index is 14.0. The van der Waals surface area contributed by atoms with Crippen molar-refractivity contribution in [3.05, 3.63) is 30.1 Å². The molecule has 5 nitrogen and oxygen atoms in total. The number of nitrogens with zero attached hydrogens (tertiary/aromatic N) is 1. The zero-order chi connectivity index (χ0) is 18.4. The SMILES string of the molecule is CC(C(=O)NCCSC1CCCC1)N(c1ccccc1F)S(C)(=O)=O. The standard InChI is InChI=1S/C17H25FN2O3S2/c1-13(17(21)19-11-12-24-14-7-3-4-8-14)20(25(2,22)23)16-10-6-5-9-15(16)18/h5-6,9-10,13-14H,3-4,7-8,11-12H2,1-2H3,(H,19,21). The number of hydrogen-bond donors (Lipinski definition) is 1. The first-order chi connectivity index (χ1) is 11.8. The molecule has 1 amide bonds. The number of benzene rings is 1. The zero-order valence-electron chi connectivity index (χ0n) is 14.6. The molecule has 1 unspecified atom stereocenters. The van der Waals surface area contributed by atoms with Crippen LogP contribution in [-0.4, -0.2) is 44.2 Å². The molecule has 1 saturated carbocycles. The molecule has 1 aliphatic carbocycles. The monoisotopic (exact) mass is 388 g/mol. The molecule has 0 saturated heterocycles. The Bertz CT molecular complexity index is 691. The number of hydrogen-bond acceptors (Lipinski definition) is 4. The second-order valence-corrected chi connectivity index (χ2v) is 9.52. The van der Waals surface area contributed by atoms with Crippen LogP contribution < -0.4 is 9.62 Å². The van der Waals surface area contributed by atoms with Gasteiger partial charge in [-0.15, -0.1) is 0 Å². The molecule has 8 heteroatoms. The average Bonchev–Trinajstić information content (AvgIpc) is 3.05. The fourth-order valence-corrected chi connectivity index (χ4v) is 5.41. The summed E-state index contributed by atoms with van der Waals surface area (Å²) in [5.74, 6) is -0.313. The number of sulfonamides is 1. The molecule has 25 heavy (non-hydrogen) atoms. The maximum atomic E-state index is 14.0. The molecule has 0 aromatic heterocycles. The van der Waals surface area contributed by atoms with E-state index in [9.17, 15) is 17.6 Å². The fraction of sp³-hybridized carbons (Fsp3) is 0.588. The Kier molecular flexibility index (Phi) is 7.13. The smallest absolute Gasteiger partial charge is 0.243 e. The minimum Gasteiger partial charge on any atom is -0.353 e. The minimum absolute atomic E-state index is 0.118. The molecule has 1 aromatic rings. The third kappa shape index (κ3) is 5.60. The van der Waals surface area contributed by atoms with Crippen molar-refractivity contribution in [3.8, 4) is 0 Å². The zero-order valence-corrected chi connectivity index (χ0v) is 16.2. The lowest BCUT2D eigenvalue weighted by Gasteiger charge is -2.28. The average molecular weight is 389 g/mol. The van der Waals surface area contributed by atoms with Crippen molar-refractivity contribution in [1.29, 1.82) is 0 Å². The van der Waals surface area contributed by atoms with Crippen LogP contribution in [0.2, 0.25) is 0 Å². The van der Waals surface area contributed by atoms with Gasteiger partial charge < -0.3 is 5.32 Å². The molecule has 1 N–H and O–H groups in total.